The monoisotopic (exact) mass is 253 g/mol. The summed E-state index contributed by atoms with van der Waals surface area (Å²) in [7, 11) is 0. The van der Waals surface area contributed by atoms with Crippen LogP contribution in [0.1, 0.15) is 41.6 Å². The quantitative estimate of drug-likeness (QED) is 0.867. The maximum Gasteiger partial charge on any atom is 0.336 e. The molecular formula is C13H16ClNO2. The molecule has 2 rings (SSSR count). The summed E-state index contributed by atoms with van der Waals surface area (Å²) in [6.45, 7) is 0.601. The van der Waals surface area contributed by atoms with E-state index in [1.807, 2.05) is 0 Å². The fraction of sp³-hybridized carbons (Fsp3) is 0.462. The van der Waals surface area contributed by atoms with Crippen molar-refractivity contribution >= 4 is 17.6 Å². The van der Waals surface area contributed by atoms with E-state index in [0.717, 1.165) is 5.56 Å². The highest BCUT2D eigenvalue weighted by Gasteiger charge is 2.16. The Morgan fingerprint density at radius 3 is 2.76 bits per heavy atom. The molecule has 0 spiro atoms. The van der Waals surface area contributed by atoms with Crippen LogP contribution in [0.4, 0.5) is 0 Å². The Balaban J connectivity index is 2.06. The number of halogens is 1. The van der Waals surface area contributed by atoms with Crippen LogP contribution in [0, 0.1) is 0 Å². The summed E-state index contributed by atoms with van der Waals surface area (Å²) in [6.07, 6.45) is 4.92. The van der Waals surface area contributed by atoms with Crippen molar-refractivity contribution < 1.29 is 9.90 Å². The largest absolute Gasteiger partial charge is 0.478 e. The molecule has 1 aliphatic rings. The van der Waals surface area contributed by atoms with Gasteiger partial charge in [-0.25, -0.2) is 4.79 Å². The first-order valence-electron chi connectivity index (χ1n) is 5.92. The van der Waals surface area contributed by atoms with Crippen molar-refractivity contribution in [1.29, 1.82) is 0 Å². The van der Waals surface area contributed by atoms with Crippen LogP contribution in [0.5, 0.6) is 0 Å². The molecule has 0 radical (unpaired) electrons. The average Bonchev–Trinajstić information content (AvgIpc) is 2.80. The Kier molecular flexibility index (Phi) is 4.02. The van der Waals surface area contributed by atoms with Gasteiger partial charge in [-0.2, -0.15) is 0 Å². The molecule has 1 saturated carbocycles. The third kappa shape index (κ3) is 3.20. The molecule has 1 aromatic rings. The number of rotatable bonds is 4. The minimum absolute atomic E-state index is 0.294. The SMILES string of the molecule is O=C(O)c1cc(Cl)ccc1CNC1CCCC1. The van der Waals surface area contributed by atoms with Crippen molar-refractivity contribution in [3.63, 3.8) is 0 Å². The second-order valence-corrected chi connectivity index (χ2v) is 4.91. The molecule has 1 fully saturated rings. The number of hydrogen-bond acceptors (Lipinski definition) is 2. The van der Waals surface area contributed by atoms with Crippen LogP contribution in [-0.2, 0) is 6.54 Å². The first-order chi connectivity index (χ1) is 8.16. The van der Waals surface area contributed by atoms with E-state index in [9.17, 15) is 4.79 Å². The lowest BCUT2D eigenvalue weighted by atomic mass is 10.1. The van der Waals surface area contributed by atoms with Crippen molar-refractivity contribution in [3.8, 4) is 0 Å². The second kappa shape index (κ2) is 5.52. The zero-order valence-corrected chi connectivity index (χ0v) is 10.3. The highest BCUT2D eigenvalue weighted by Crippen LogP contribution is 2.20. The van der Waals surface area contributed by atoms with Gasteiger partial charge in [0.2, 0.25) is 0 Å². The maximum atomic E-state index is 11.1. The van der Waals surface area contributed by atoms with E-state index >= 15 is 0 Å². The third-order valence-electron chi connectivity index (χ3n) is 3.24. The van der Waals surface area contributed by atoms with Crippen molar-refractivity contribution in [2.24, 2.45) is 0 Å². The molecule has 3 nitrogen and oxygen atoms in total. The van der Waals surface area contributed by atoms with E-state index in [2.05, 4.69) is 5.32 Å². The normalized spacial score (nSPS) is 16.3. The highest BCUT2D eigenvalue weighted by molar-refractivity contribution is 6.30. The van der Waals surface area contributed by atoms with Crippen LogP contribution in [0.3, 0.4) is 0 Å². The molecule has 92 valence electrons. The summed E-state index contributed by atoms with van der Waals surface area (Å²) in [4.78, 5) is 11.1. The van der Waals surface area contributed by atoms with Crippen LogP contribution in [0.15, 0.2) is 18.2 Å². The van der Waals surface area contributed by atoms with E-state index in [1.165, 1.54) is 31.7 Å². The van der Waals surface area contributed by atoms with Crippen molar-refractivity contribution in [1.82, 2.24) is 5.32 Å². The Morgan fingerprint density at radius 2 is 2.12 bits per heavy atom. The molecule has 1 aromatic carbocycles. The van der Waals surface area contributed by atoms with Gasteiger partial charge in [-0.3, -0.25) is 0 Å². The number of benzene rings is 1. The van der Waals surface area contributed by atoms with Gasteiger partial charge >= 0.3 is 5.97 Å². The zero-order valence-electron chi connectivity index (χ0n) is 9.58. The van der Waals surface area contributed by atoms with E-state index in [0.29, 0.717) is 23.2 Å². The summed E-state index contributed by atoms with van der Waals surface area (Å²) in [5, 5.41) is 13.0. The maximum absolute atomic E-state index is 11.1. The van der Waals surface area contributed by atoms with Crippen LogP contribution >= 0.6 is 11.6 Å². The van der Waals surface area contributed by atoms with Gasteiger partial charge < -0.3 is 10.4 Å². The molecule has 0 bridgehead atoms. The van der Waals surface area contributed by atoms with Gasteiger partial charge in [0.1, 0.15) is 0 Å². The summed E-state index contributed by atoms with van der Waals surface area (Å²) in [5.74, 6) is -0.921. The van der Waals surface area contributed by atoms with E-state index in [-0.39, 0.29) is 0 Å². The molecule has 0 atom stereocenters. The molecular weight excluding hydrogens is 238 g/mol. The van der Waals surface area contributed by atoms with E-state index in [4.69, 9.17) is 16.7 Å². The summed E-state index contributed by atoms with van der Waals surface area (Å²) >= 11 is 5.80. The van der Waals surface area contributed by atoms with Crippen molar-refractivity contribution in [3.05, 3.63) is 34.3 Å². The number of hydrogen-bond donors (Lipinski definition) is 2. The molecule has 0 aliphatic heterocycles. The number of carbonyl (C=O) groups is 1. The number of carboxylic acid groups (broad SMARTS) is 1. The van der Waals surface area contributed by atoms with Crippen molar-refractivity contribution in [2.75, 3.05) is 0 Å². The molecule has 0 heterocycles. The first-order valence-corrected chi connectivity index (χ1v) is 6.29. The van der Waals surface area contributed by atoms with Crippen LogP contribution in [0.2, 0.25) is 5.02 Å². The number of carboxylic acids is 1. The minimum Gasteiger partial charge on any atom is -0.478 e. The topological polar surface area (TPSA) is 49.3 Å². The van der Waals surface area contributed by atoms with Crippen LogP contribution in [-0.4, -0.2) is 17.1 Å². The fourth-order valence-corrected chi connectivity index (χ4v) is 2.46. The highest BCUT2D eigenvalue weighted by atomic mass is 35.5. The van der Waals surface area contributed by atoms with Gasteiger partial charge in [0, 0.05) is 17.6 Å². The second-order valence-electron chi connectivity index (χ2n) is 4.47. The van der Waals surface area contributed by atoms with Gasteiger partial charge in [0.15, 0.2) is 0 Å². The van der Waals surface area contributed by atoms with Gasteiger partial charge in [-0.1, -0.05) is 30.5 Å². The molecule has 0 unspecified atom stereocenters. The smallest absolute Gasteiger partial charge is 0.336 e. The van der Waals surface area contributed by atoms with Gasteiger partial charge in [-0.05, 0) is 30.5 Å². The average molecular weight is 254 g/mol. The van der Waals surface area contributed by atoms with Gasteiger partial charge in [0.25, 0.3) is 0 Å². The molecule has 17 heavy (non-hydrogen) atoms. The third-order valence-corrected chi connectivity index (χ3v) is 3.47. The van der Waals surface area contributed by atoms with Crippen LogP contribution in [0.25, 0.3) is 0 Å². The number of aromatic carboxylic acids is 1. The zero-order chi connectivity index (χ0) is 12.3. The molecule has 2 N–H and O–H groups in total. The summed E-state index contributed by atoms with van der Waals surface area (Å²) in [6, 6.07) is 5.57. The van der Waals surface area contributed by atoms with Gasteiger partial charge in [0.05, 0.1) is 5.56 Å². The lowest BCUT2D eigenvalue weighted by Gasteiger charge is -2.13. The summed E-state index contributed by atoms with van der Waals surface area (Å²) in [5.41, 5.74) is 1.09. The van der Waals surface area contributed by atoms with Crippen LogP contribution < -0.4 is 5.32 Å². The molecule has 0 amide bonds. The standard InChI is InChI=1S/C13H16ClNO2/c14-10-6-5-9(12(7-10)13(16)17)8-15-11-3-1-2-4-11/h5-7,11,15H,1-4,8H2,(H,16,17). The lowest BCUT2D eigenvalue weighted by molar-refractivity contribution is 0.0695. The Bertz CT molecular complexity index is 414. The fourth-order valence-electron chi connectivity index (χ4n) is 2.29. The summed E-state index contributed by atoms with van der Waals surface area (Å²) < 4.78 is 0. The Hall–Kier alpha value is -1.06. The van der Waals surface area contributed by atoms with Crippen molar-refractivity contribution in [2.45, 2.75) is 38.3 Å². The Morgan fingerprint density at radius 1 is 1.41 bits per heavy atom. The number of nitrogens with one attached hydrogen (secondary N) is 1. The molecule has 0 aromatic heterocycles. The molecule has 1 aliphatic carbocycles. The molecule has 4 heteroatoms. The van der Waals surface area contributed by atoms with E-state index < -0.39 is 5.97 Å². The predicted molar refractivity (Wildman–Crippen MR) is 67.5 cm³/mol. The first kappa shape index (κ1) is 12.4. The van der Waals surface area contributed by atoms with Gasteiger partial charge in [-0.15, -0.1) is 0 Å². The van der Waals surface area contributed by atoms with E-state index in [1.54, 1.807) is 12.1 Å². The molecule has 0 saturated heterocycles. The lowest BCUT2D eigenvalue weighted by Crippen LogP contribution is -2.26. The Labute approximate surface area is 106 Å². The minimum atomic E-state index is -0.921. The predicted octanol–water partition coefficient (Wildman–Crippen LogP) is 3.07.